The Morgan fingerprint density at radius 1 is 1.35 bits per heavy atom. The molecule has 2 amide bonds. The third kappa shape index (κ3) is 3.81. The Bertz CT molecular complexity index is 747. The fraction of sp³-hybridized carbons (Fsp3) is 0.526. The number of piperidine rings is 1. The number of benzene rings is 1. The van der Waals surface area contributed by atoms with Crippen LogP contribution in [-0.2, 0) is 4.79 Å². The Hall–Kier alpha value is -2.57. The highest BCUT2D eigenvalue weighted by molar-refractivity contribution is 5.83. The van der Waals surface area contributed by atoms with E-state index in [9.17, 15) is 14.7 Å². The number of amides is 2. The third-order valence-corrected chi connectivity index (χ3v) is 5.33. The molecule has 3 N–H and O–H groups in total. The van der Waals surface area contributed by atoms with E-state index in [1.807, 2.05) is 38.1 Å². The molecule has 7 heteroatoms. The first-order chi connectivity index (χ1) is 12.5. The van der Waals surface area contributed by atoms with E-state index in [2.05, 4.69) is 15.3 Å². The van der Waals surface area contributed by atoms with Crippen LogP contribution in [0.25, 0.3) is 11.0 Å². The average Bonchev–Trinajstić information content (AvgIpc) is 3.09. The topological polar surface area (TPSA) is 98.3 Å². The first-order valence-corrected chi connectivity index (χ1v) is 9.22. The molecule has 1 aromatic carbocycles. The largest absolute Gasteiger partial charge is 0.480 e. The zero-order chi connectivity index (χ0) is 18.7. The van der Waals surface area contributed by atoms with Crippen LogP contribution in [0.3, 0.4) is 0 Å². The zero-order valence-electron chi connectivity index (χ0n) is 15.2. The SMILES string of the molecule is CC[C@@H](C)[C@@H](NC(=O)N1CCC(c2nc3ccccc3[nH]2)CC1)C(=O)O. The van der Waals surface area contributed by atoms with Crippen LogP contribution in [0.5, 0.6) is 0 Å². The lowest BCUT2D eigenvalue weighted by atomic mass is 9.96. The summed E-state index contributed by atoms with van der Waals surface area (Å²) >= 11 is 0. The van der Waals surface area contributed by atoms with Gasteiger partial charge in [-0.25, -0.2) is 14.6 Å². The molecular formula is C19H26N4O3. The molecule has 2 heterocycles. The molecule has 0 bridgehead atoms. The number of imidazole rings is 1. The van der Waals surface area contributed by atoms with Gasteiger partial charge < -0.3 is 20.3 Å². The van der Waals surface area contributed by atoms with Crippen molar-refractivity contribution in [3.05, 3.63) is 30.1 Å². The molecule has 1 saturated heterocycles. The second-order valence-electron chi connectivity index (χ2n) is 7.05. The second-order valence-corrected chi connectivity index (χ2v) is 7.05. The van der Waals surface area contributed by atoms with Crippen LogP contribution >= 0.6 is 0 Å². The minimum atomic E-state index is -0.982. The molecule has 0 unspecified atom stereocenters. The number of aromatic amines is 1. The number of rotatable bonds is 5. The lowest BCUT2D eigenvalue weighted by Crippen LogP contribution is -2.52. The quantitative estimate of drug-likeness (QED) is 0.765. The number of aromatic nitrogens is 2. The van der Waals surface area contributed by atoms with Gasteiger partial charge in [0.2, 0.25) is 0 Å². The van der Waals surface area contributed by atoms with Gasteiger partial charge in [0.05, 0.1) is 11.0 Å². The van der Waals surface area contributed by atoms with E-state index in [1.54, 1.807) is 4.90 Å². The summed E-state index contributed by atoms with van der Waals surface area (Å²) in [5, 5.41) is 12.0. The number of aliphatic carboxylic acids is 1. The lowest BCUT2D eigenvalue weighted by Gasteiger charge is -2.32. The van der Waals surface area contributed by atoms with Crippen molar-refractivity contribution >= 4 is 23.0 Å². The fourth-order valence-electron chi connectivity index (χ4n) is 3.43. The summed E-state index contributed by atoms with van der Waals surface area (Å²) < 4.78 is 0. The van der Waals surface area contributed by atoms with Gasteiger partial charge in [-0.15, -0.1) is 0 Å². The summed E-state index contributed by atoms with van der Waals surface area (Å²) in [5.74, 6) is 0.167. The molecule has 1 aliphatic heterocycles. The maximum Gasteiger partial charge on any atom is 0.326 e. The number of carboxylic acid groups (broad SMARTS) is 1. The van der Waals surface area contributed by atoms with Crippen molar-refractivity contribution in [3.63, 3.8) is 0 Å². The zero-order valence-corrected chi connectivity index (χ0v) is 15.2. The van der Waals surface area contributed by atoms with E-state index in [4.69, 9.17) is 0 Å². The smallest absolute Gasteiger partial charge is 0.326 e. The number of likely N-dealkylation sites (tertiary alicyclic amines) is 1. The van der Waals surface area contributed by atoms with E-state index >= 15 is 0 Å². The number of carbonyl (C=O) groups is 2. The van der Waals surface area contributed by atoms with Crippen LogP contribution in [0.4, 0.5) is 4.79 Å². The highest BCUT2D eigenvalue weighted by atomic mass is 16.4. The minimum absolute atomic E-state index is 0.107. The minimum Gasteiger partial charge on any atom is -0.480 e. The second kappa shape index (κ2) is 7.76. The number of para-hydroxylation sites is 2. The molecule has 140 valence electrons. The van der Waals surface area contributed by atoms with Crippen molar-refractivity contribution in [1.29, 1.82) is 0 Å². The summed E-state index contributed by atoms with van der Waals surface area (Å²) in [6.07, 6.45) is 2.33. The molecular weight excluding hydrogens is 332 g/mol. The summed E-state index contributed by atoms with van der Waals surface area (Å²) in [6.45, 7) is 4.96. The van der Waals surface area contributed by atoms with Gasteiger partial charge >= 0.3 is 12.0 Å². The number of carbonyl (C=O) groups excluding carboxylic acids is 1. The van der Waals surface area contributed by atoms with Gasteiger partial charge in [-0.05, 0) is 30.9 Å². The number of nitrogens with one attached hydrogen (secondary N) is 2. The molecule has 26 heavy (non-hydrogen) atoms. The maximum absolute atomic E-state index is 12.4. The first kappa shape index (κ1) is 18.2. The Balaban J connectivity index is 1.59. The van der Waals surface area contributed by atoms with Crippen LogP contribution in [-0.4, -0.2) is 51.1 Å². The molecule has 0 saturated carbocycles. The fourth-order valence-corrected chi connectivity index (χ4v) is 3.43. The Kier molecular flexibility index (Phi) is 5.44. The highest BCUT2D eigenvalue weighted by Gasteiger charge is 2.30. The Morgan fingerprint density at radius 3 is 2.65 bits per heavy atom. The molecule has 2 aromatic rings. The van der Waals surface area contributed by atoms with Gasteiger partial charge in [0.25, 0.3) is 0 Å². The summed E-state index contributed by atoms with van der Waals surface area (Å²) in [6, 6.07) is 6.80. The molecule has 2 atom stereocenters. The monoisotopic (exact) mass is 358 g/mol. The summed E-state index contributed by atoms with van der Waals surface area (Å²) in [7, 11) is 0. The number of H-pyrrole nitrogens is 1. The van der Waals surface area contributed by atoms with Crippen molar-refractivity contribution in [2.75, 3.05) is 13.1 Å². The van der Waals surface area contributed by atoms with E-state index in [0.29, 0.717) is 19.5 Å². The molecule has 0 radical (unpaired) electrons. The normalized spacial score (nSPS) is 17.8. The maximum atomic E-state index is 12.4. The first-order valence-electron chi connectivity index (χ1n) is 9.22. The van der Waals surface area contributed by atoms with Crippen molar-refractivity contribution in [1.82, 2.24) is 20.2 Å². The number of hydrogen-bond acceptors (Lipinski definition) is 3. The lowest BCUT2D eigenvalue weighted by molar-refractivity contribution is -0.140. The van der Waals surface area contributed by atoms with Gasteiger partial charge in [0, 0.05) is 19.0 Å². The standard InChI is InChI=1S/C19H26N4O3/c1-3-12(2)16(18(24)25)22-19(26)23-10-8-13(9-11-23)17-20-14-6-4-5-7-15(14)21-17/h4-7,12-13,16H,3,8-11H2,1-2H3,(H,20,21)(H,22,26)(H,24,25)/t12-,16-/m1/s1. The van der Waals surface area contributed by atoms with Crippen LogP contribution in [0, 0.1) is 5.92 Å². The summed E-state index contributed by atoms with van der Waals surface area (Å²) in [5.41, 5.74) is 1.99. The number of urea groups is 1. The number of carboxylic acids is 1. The number of hydrogen-bond donors (Lipinski definition) is 3. The summed E-state index contributed by atoms with van der Waals surface area (Å²) in [4.78, 5) is 33.6. The van der Waals surface area contributed by atoms with Gasteiger partial charge in [0.15, 0.2) is 0 Å². The Morgan fingerprint density at radius 2 is 2.04 bits per heavy atom. The van der Waals surface area contributed by atoms with Crippen molar-refractivity contribution in [2.45, 2.75) is 45.1 Å². The van der Waals surface area contributed by atoms with E-state index in [1.165, 1.54) is 0 Å². The van der Waals surface area contributed by atoms with E-state index in [-0.39, 0.29) is 17.9 Å². The molecule has 1 aromatic heterocycles. The van der Waals surface area contributed by atoms with E-state index in [0.717, 1.165) is 29.7 Å². The molecule has 1 aliphatic rings. The number of nitrogens with zero attached hydrogens (tertiary/aromatic N) is 2. The molecule has 7 nitrogen and oxygen atoms in total. The van der Waals surface area contributed by atoms with Gasteiger partial charge in [-0.3, -0.25) is 0 Å². The molecule has 0 aliphatic carbocycles. The highest BCUT2D eigenvalue weighted by Crippen LogP contribution is 2.27. The predicted octanol–water partition coefficient (Wildman–Crippen LogP) is 2.95. The average molecular weight is 358 g/mol. The third-order valence-electron chi connectivity index (χ3n) is 5.33. The number of fused-ring (bicyclic) bond motifs is 1. The molecule has 0 spiro atoms. The van der Waals surface area contributed by atoms with Crippen LogP contribution < -0.4 is 5.32 Å². The van der Waals surface area contributed by atoms with Gasteiger partial charge in [0.1, 0.15) is 11.9 Å². The van der Waals surface area contributed by atoms with Gasteiger partial charge in [-0.1, -0.05) is 32.4 Å². The van der Waals surface area contributed by atoms with Crippen molar-refractivity contribution in [2.24, 2.45) is 5.92 Å². The predicted molar refractivity (Wildman–Crippen MR) is 99.1 cm³/mol. The van der Waals surface area contributed by atoms with Crippen LogP contribution in [0.15, 0.2) is 24.3 Å². The Labute approximate surface area is 152 Å². The molecule has 1 fully saturated rings. The molecule has 3 rings (SSSR count). The van der Waals surface area contributed by atoms with Crippen molar-refractivity contribution < 1.29 is 14.7 Å². The van der Waals surface area contributed by atoms with E-state index < -0.39 is 12.0 Å². The van der Waals surface area contributed by atoms with Gasteiger partial charge in [-0.2, -0.15) is 0 Å². The van der Waals surface area contributed by atoms with Crippen LogP contribution in [0.2, 0.25) is 0 Å². The van der Waals surface area contributed by atoms with Crippen molar-refractivity contribution in [3.8, 4) is 0 Å². The van der Waals surface area contributed by atoms with Crippen LogP contribution in [0.1, 0.15) is 44.9 Å².